The maximum absolute atomic E-state index is 10.6. The molecule has 1 N–H and O–H groups in total. The van der Waals surface area contributed by atoms with Gasteiger partial charge in [-0.05, 0) is 43.7 Å². The predicted molar refractivity (Wildman–Crippen MR) is 83.0 cm³/mol. The fraction of sp³-hybridized carbons (Fsp3) is 0.667. The monoisotopic (exact) mass is 276 g/mol. The van der Waals surface area contributed by atoms with E-state index in [1.807, 2.05) is 6.07 Å². The summed E-state index contributed by atoms with van der Waals surface area (Å²) in [7, 11) is 0. The minimum Gasteiger partial charge on any atom is -0.487 e. The molecule has 1 aliphatic rings. The number of ether oxygens (including phenoxy) is 1. The normalized spacial score (nSPS) is 20.9. The van der Waals surface area contributed by atoms with Crippen molar-refractivity contribution in [3.8, 4) is 5.75 Å². The van der Waals surface area contributed by atoms with Gasteiger partial charge in [0, 0.05) is 12.0 Å². The summed E-state index contributed by atoms with van der Waals surface area (Å²) in [5, 5.41) is 10.6. The highest BCUT2D eigenvalue weighted by atomic mass is 16.5. The maximum Gasteiger partial charge on any atom is 0.125 e. The number of rotatable bonds is 4. The molecule has 1 atom stereocenters. The molecular formula is C18H28O2. The minimum absolute atomic E-state index is 0.218. The number of aliphatic hydroxyl groups excluding tert-OH is 1. The van der Waals surface area contributed by atoms with Gasteiger partial charge in [0.25, 0.3) is 0 Å². The zero-order valence-electron chi connectivity index (χ0n) is 13.4. The van der Waals surface area contributed by atoms with Gasteiger partial charge in [0.05, 0.1) is 6.10 Å². The van der Waals surface area contributed by atoms with E-state index in [-0.39, 0.29) is 5.60 Å². The molecule has 1 unspecified atom stereocenters. The van der Waals surface area contributed by atoms with E-state index in [2.05, 4.69) is 46.8 Å². The molecule has 0 saturated heterocycles. The van der Waals surface area contributed by atoms with Crippen LogP contribution in [0, 0.1) is 18.8 Å². The second-order valence-electron chi connectivity index (χ2n) is 7.24. The molecule has 0 radical (unpaired) electrons. The van der Waals surface area contributed by atoms with Gasteiger partial charge in [-0.2, -0.15) is 0 Å². The van der Waals surface area contributed by atoms with E-state index in [1.54, 1.807) is 0 Å². The summed E-state index contributed by atoms with van der Waals surface area (Å²) in [6, 6.07) is 6.13. The molecule has 112 valence electrons. The van der Waals surface area contributed by atoms with Crippen molar-refractivity contribution in [1.82, 2.24) is 0 Å². The third kappa shape index (κ3) is 3.35. The average molecular weight is 276 g/mol. The third-order valence-corrected chi connectivity index (χ3v) is 3.98. The predicted octanol–water partition coefficient (Wildman–Crippen LogP) is 4.64. The summed E-state index contributed by atoms with van der Waals surface area (Å²) in [6.45, 7) is 11.0. The van der Waals surface area contributed by atoms with E-state index in [9.17, 15) is 5.11 Å². The standard InChI is InChI=1S/C18H28O2/c1-12(2)9-18(10-13(3)4)11-16(19)15-8-14(5)6-7-17(15)20-18/h6-8,12-13,16,19H,9-11H2,1-5H3. The van der Waals surface area contributed by atoms with Crippen molar-refractivity contribution in [3.05, 3.63) is 29.3 Å². The average Bonchev–Trinajstić information content (AvgIpc) is 2.28. The second kappa shape index (κ2) is 5.77. The quantitative estimate of drug-likeness (QED) is 0.868. The molecule has 0 aliphatic carbocycles. The van der Waals surface area contributed by atoms with E-state index in [0.29, 0.717) is 18.3 Å². The lowest BCUT2D eigenvalue weighted by Crippen LogP contribution is -2.43. The van der Waals surface area contributed by atoms with Crippen LogP contribution in [-0.4, -0.2) is 10.7 Å². The first-order chi connectivity index (χ1) is 9.31. The first-order valence-electron chi connectivity index (χ1n) is 7.79. The molecular weight excluding hydrogens is 248 g/mol. The van der Waals surface area contributed by atoms with Gasteiger partial charge in [0.1, 0.15) is 11.4 Å². The zero-order chi connectivity index (χ0) is 14.9. The summed E-state index contributed by atoms with van der Waals surface area (Å²) in [5.74, 6) is 2.00. The van der Waals surface area contributed by atoms with Crippen molar-refractivity contribution < 1.29 is 9.84 Å². The van der Waals surface area contributed by atoms with E-state index in [1.165, 1.54) is 5.56 Å². The number of fused-ring (bicyclic) bond motifs is 1. The highest BCUT2D eigenvalue weighted by Gasteiger charge is 2.41. The van der Waals surface area contributed by atoms with Crippen molar-refractivity contribution in [2.75, 3.05) is 0 Å². The van der Waals surface area contributed by atoms with Crippen molar-refractivity contribution in [1.29, 1.82) is 0 Å². The number of benzene rings is 1. The van der Waals surface area contributed by atoms with Gasteiger partial charge >= 0.3 is 0 Å². The molecule has 0 bridgehead atoms. The Hall–Kier alpha value is -1.02. The fourth-order valence-corrected chi connectivity index (χ4v) is 3.58. The summed E-state index contributed by atoms with van der Waals surface area (Å²) in [5.41, 5.74) is 1.91. The summed E-state index contributed by atoms with van der Waals surface area (Å²) in [4.78, 5) is 0. The summed E-state index contributed by atoms with van der Waals surface area (Å²) >= 11 is 0. The highest BCUT2D eigenvalue weighted by Crippen LogP contribution is 2.45. The molecule has 0 saturated carbocycles. The molecule has 1 aromatic carbocycles. The molecule has 2 heteroatoms. The van der Waals surface area contributed by atoms with Crippen LogP contribution in [0.25, 0.3) is 0 Å². The first-order valence-corrected chi connectivity index (χ1v) is 7.79. The van der Waals surface area contributed by atoms with Crippen molar-refractivity contribution in [3.63, 3.8) is 0 Å². The van der Waals surface area contributed by atoms with Crippen LogP contribution in [0.4, 0.5) is 0 Å². The molecule has 0 fully saturated rings. The van der Waals surface area contributed by atoms with Gasteiger partial charge in [-0.1, -0.05) is 39.3 Å². The van der Waals surface area contributed by atoms with E-state index < -0.39 is 6.10 Å². The third-order valence-electron chi connectivity index (χ3n) is 3.98. The SMILES string of the molecule is Cc1ccc2c(c1)C(O)CC(CC(C)C)(CC(C)C)O2. The van der Waals surface area contributed by atoms with Crippen molar-refractivity contribution >= 4 is 0 Å². The zero-order valence-corrected chi connectivity index (χ0v) is 13.4. The largest absolute Gasteiger partial charge is 0.487 e. The molecule has 1 heterocycles. The molecule has 0 amide bonds. The van der Waals surface area contributed by atoms with Crippen LogP contribution in [0.1, 0.15) is 64.2 Å². The molecule has 2 rings (SSSR count). The lowest BCUT2D eigenvalue weighted by molar-refractivity contribution is -0.0407. The Morgan fingerprint density at radius 3 is 2.35 bits per heavy atom. The van der Waals surface area contributed by atoms with Crippen LogP contribution in [-0.2, 0) is 0 Å². The van der Waals surface area contributed by atoms with E-state index in [0.717, 1.165) is 24.2 Å². The topological polar surface area (TPSA) is 29.5 Å². The van der Waals surface area contributed by atoms with Gasteiger partial charge in [-0.15, -0.1) is 0 Å². The molecule has 2 nitrogen and oxygen atoms in total. The Bertz CT molecular complexity index is 452. The van der Waals surface area contributed by atoms with Gasteiger partial charge < -0.3 is 9.84 Å². The molecule has 1 aliphatic heterocycles. The molecule has 1 aromatic rings. The molecule has 0 spiro atoms. The van der Waals surface area contributed by atoms with Crippen LogP contribution >= 0.6 is 0 Å². The van der Waals surface area contributed by atoms with E-state index in [4.69, 9.17) is 4.74 Å². The Labute approximate surface area is 123 Å². The second-order valence-corrected chi connectivity index (χ2v) is 7.24. The van der Waals surface area contributed by atoms with Crippen molar-refractivity contribution in [2.45, 2.75) is 65.6 Å². The smallest absolute Gasteiger partial charge is 0.125 e. The van der Waals surface area contributed by atoms with Crippen LogP contribution in [0.15, 0.2) is 18.2 Å². The van der Waals surface area contributed by atoms with Crippen LogP contribution < -0.4 is 4.74 Å². The van der Waals surface area contributed by atoms with Gasteiger partial charge in [-0.25, -0.2) is 0 Å². The van der Waals surface area contributed by atoms with Crippen LogP contribution in [0.5, 0.6) is 5.75 Å². The number of aryl methyl sites for hydroxylation is 1. The lowest BCUT2D eigenvalue weighted by Gasteiger charge is -2.43. The first kappa shape index (κ1) is 15.4. The number of hydrogen-bond donors (Lipinski definition) is 1. The molecule has 0 aromatic heterocycles. The van der Waals surface area contributed by atoms with E-state index >= 15 is 0 Å². The van der Waals surface area contributed by atoms with Gasteiger partial charge in [-0.3, -0.25) is 0 Å². The summed E-state index contributed by atoms with van der Waals surface area (Å²) in [6.07, 6.45) is 2.29. The van der Waals surface area contributed by atoms with Crippen molar-refractivity contribution in [2.24, 2.45) is 11.8 Å². The maximum atomic E-state index is 10.6. The molecule has 20 heavy (non-hydrogen) atoms. The highest BCUT2D eigenvalue weighted by molar-refractivity contribution is 5.40. The lowest BCUT2D eigenvalue weighted by atomic mass is 9.78. The Balaban J connectivity index is 2.34. The van der Waals surface area contributed by atoms with Gasteiger partial charge in [0.2, 0.25) is 0 Å². The van der Waals surface area contributed by atoms with Gasteiger partial charge in [0.15, 0.2) is 0 Å². The number of aliphatic hydroxyl groups is 1. The minimum atomic E-state index is -0.406. The fourth-order valence-electron chi connectivity index (χ4n) is 3.58. The Kier molecular flexibility index (Phi) is 4.43. The number of hydrogen-bond acceptors (Lipinski definition) is 2. The Morgan fingerprint density at radius 1 is 1.20 bits per heavy atom. The van der Waals surface area contributed by atoms with Crippen LogP contribution in [0.3, 0.4) is 0 Å². The van der Waals surface area contributed by atoms with Crippen LogP contribution in [0.2, 0.25) is 0 Å². The summed E-state index contributed by atoms with van der Waals surface area (Å²) < 4.78 is 6.41. The Morgan fingerprint density at radius 2 is 1.80 bits per heavy atom.